The summed E-state index contributed by atoms with van der Waals surface area (Å²) in [6.07, 6.45) is 0. The first-order valence-corrected chi connectivity index (χ1v) is 11.9. The van der Waals surface area contributed by atoms with E-state index >= 15 is 0 Å². The molecule has 2 heterocycles. The molecule has 5 rings (SSSR count). The number of rotatable bonds is 5. The summed E-state index contributed by atoms with van der Waals surface area (Å²) in [7, 11) is 0. The molecule has 0 atom stereocenters. The average molecular weight is 491 g/mol. The van der Waals surface area contributed by atoms with Crippen molar-refractivity contribution < 1.29 is 0 Å². The smallest absolute Gasteiger partial charge is 0.279 e. The second-order valence-electron chi connectivity index (χ2n) is 7.59. The van der Waals surface area contributed by atoms with Crippen LogP contribution in [0.15, 0.2) is 83.7 Å². The Morgan fingerprint density at radius 2 is 1.70 bits per heavy atom. The van der Waals surface area contributed by atoms with Crippen molar-refractivity contribution >= 4 is 51.5 Å². The molecular weight excluding hydrogens is 472 g/mol. The largest absolute Gasteiger partial charge is 0.351 e. The van der Waals surface area contributed by atoms with Gasteiger partial charge in [0.15, 0.2) is 9.60 Å². The fourth-order valence-electron chi connectivity index (χ4n) is 3.71. The topological polar surface area (TPSA) is 51.9 Å². The van der Waals surface area contributed by atoms with Gasteiger partial charge >= 0.3 is 0 Å². The van der Waals surface area contributed by atoms with Gasteiger partial charge in [-0.1, -0.05) is 71.0 Å². The Balaban J connectivity index is 1.72. The molecular formula is C25H19ClN4OS2. The molecule has 1 N–H and O–H groups in total. The zero-order valence-electron chi connectivity index (χ0n) is 17.7. The molecule has 0 aliphatic carbocycles. The van der Waals surface area contributed by atoms with Crippen LogP contribution in [0.5, 0.6) is 0 Å². The number of para-hydroxylation sites is 1. The van der Waals surface area contributed by atoms with Crippen molar-refractivity contribution in [3.05, 3.63) is 109 Å². The molecule has 0 saturated heterocycles. The molecule has 5 aromatic rings. The van der Waals surface area contributed by atoms with Crippen molar-refractivity contribution in [3.63, 3.8) is 0 Å². The van der Waals surface area contributed by atoms with Crippen molar-refractivity contribution in [2.24, 2.45) is 0 Å². The lowest BCUT2D eigenvalue weighted by Gasteiger charge is -2.15. The van der Waals surface area contributed by atoms with E-state index in [0.717, 1.165) is 11.3 Å². The van der Waals surface area contributed by atoms with Gasteiger partial charge in [-0.2, -0.15) is 4.98 Å². The number of anilines is 1. The van der Waals surface area contributed by atoms with Crippen LogP contribution in [0, 0.1) is 10.9 Å². The highest BCUT2D eigenvalue weighted by molar-refractivity contribution is 7.73. The zero-order chi connectivity index (χ0) is 22.9. The monoisotopic (exact) mass is 490 g/mol. The number of aryl methyl sites for hydroxylation is 1. The summed E-state index contributed by atoms with van der Waals surface area (Å²) in [5.74, 6) is 0.439. The van der Waals surface area contributed by atoms with Crippen LogP contribution in [0.25, 0.3) is 21.7 Å². The van der Waals surface area contributed by atoms with E-state index in [0.29, 0.717) is 37.5 Å². The molecule has 2 aromatic heterocycles. The number of hydrogen-bond donors (Lipinski definition) is 1. The number of nitrogens with one attached hydrogen (secondary N) is 1. The molecule has 0 spiro atoms. The molecule has 164 valence electrons. The lowest BCUT2D eigenvalue weighted by atomic mass is 10.1. The number of halogens is 1. The summed E-state index contributed by atoms with van der Waals surface area (Å²) < 4.78 is 4.50. The van der Waals surface area contributed by atoms with Crippen LogP contribution in [-0.4, -0.2) is 14.1 Å². The molecule has 0 saturated carbocycles. The second-order valence-corrected chi connectivity index (χ2v) is 9.67. The first-order chi connectivity index (χ1) is 16.0. The standard InChI is InChI=1S/C25H19ClN4OS2/c1-16-6-5-7-17(14-16)15-27-24-28-22-21(23(31)30(24)20-12-10-18(26)11-13-20)33-25(32)29(22)19-8-3-2-4-9-19/h2-14H,15H2,1H3,(H,27,28). The maximum Gasteiger partial charge on any atom is 0.279 e. The normalized spacial score (nSPS) is 11.1. The minimum atomic E-state index is -0.181. The molecule has 0 amide bonds. The SMILES string of the molecule is Cc1cccc(CNc2nc3c(sc(=S)n3-c3ccccc3)c(=O)n2-c2ccc(Cl)cc2)c1. The minimum absolute atomic E-state index is 0.181. The maximum atomic E-state index is 13.7. The highest BCUT2D eigenvalue weighted by atomic mass is 35.5. The third-order valence-corrected chi connectivity index (χ3v) is 6.84. The minimum Gasteiger partial charge on any atom is -0.351 e. The van der Waals surface area contributed by atoms with Gasteiger partial charge in [0.05, 0.1) is 5.69 Å². The third-order valence-electron chi connectivity index (χ3n) is 5.24. The number of nitrogens with zero attached hydrogens (tertiary/aromatic N) is 3. The number of benzene rings is 3. The quantitative estimate of drug-likeness (QED) is 0.284. The predicted octanol–water partition coefficient (Wildman–Crippen LogP) is 6.54. The van der Waals surface area contributed by atoms with Crippen LogP contribution < -0.4 is 10.9 Å². The Morgan fingerprint density at radius 3 is 2.42 bits per heavy atom. The molecule has 0 aliphatic rings. The fourth-order valence-corrected chi connectivity index (χ4v) is 5.14. The van der Waals surface area contributed by atoms with Gasteiger partial charge in [0.2, 0.25) is 5.95 Å². The molecule has 33 heavy (non-hydrogen) atoms. The van der Waals surface area contributed by atoms with E-state index in [1.807, 2.05) is 59.2 Å². The summed E-state index contributed by atoms with van der Waals surface area (Å²) >= 11 is 13.0. The van der Waals surface area contributed by atoms with Gasteiger partial charge in [0.25, 0.3) is 5.56 Å². The zero-order valence-corrected chi connectivity index (χ0v) is 20.0. The summed E-state index contributed by atoms with van der Waals surface area (Å²) in [5, 5.41) is 3.97. The van der Waals surface area contributed by atoms with Crippen molar-refractivity contribution in [2.45, 2.75) is 13.5 Å². The van der Waals surface area contributed by atoms with Gasteiger partial charge in [-0.15, -0.1) is 0 Å². The van der Waals surface area contributed by atoms with Crippen LogP contribution in [0.4, 0.5) is 5.95 Å². The molecule has 0 fully saturated rings. The summed E-state index contributed by atoms with van der Waals surface area (Å²) in [5.41, 5.74) is 4.17. The Morgan fingerprint density at radius 1 is 0.970 bits per heavy atom. The molecule has 0 radical (unpaired) electrons. The highest BCUT2D eigenvalue weighted by Crippen LogP contribution is 2.26. The lowest BCUT2D eigenvalue weighted by Crippen LogP contribution is -2.23. The second kappa shape index (κ2) is 8.94. The van der Waals surface area contributed by atoms with Gasteiger partial charge in [-0.25, -0.2) is 4.57 Å². The average Bonchev–Trinajstić information content (AvgIpc) is 3.15. The van der Waals surface area contributed by atoms with E-state index in [2.05, 4.69) is 24.4 Å². The van der Waals surface area contributed by atoms with Gasteiger partial charge in [-0.05, 0) is 61.1 Å². The van der Waals surface area contributed by atoms with Crippen molar-refractivity contribution in [1.82, 2.24) is 14.1 Å². The summed E-state index contributed by atoms with van der Waals surface area (Å²) in [6, 6.07) is 25.1. The first kappa shape index (κ1) is 21.6. The van der Waals surface area contributed by atoms with E-state index in [4.69, 9.17) is 28.8 Å². The Labute approximate surface area is 204 Å². The van der Waals surface area contributed by atoms with E-state index in [1.54, 1.807) is 16.7 Å². The van der Waals surface area contributed by atoms with Crippen molar-refractivity contribution in [2.75, 3.05) is 5.32 Å². The first-order valence-electron chi connectivity index (χ1n) is 10.3. The molecule has 0 aliphatic heterocycles. The molecule has 0 bridgehead atoms. The number of fused-ring (bicyclic) bond motifs is 1. The predicted molar refractivity (Wildman–Crippen MR) is 139 cm³/mol. The van der Waals surface area contributed by atoms with E-state index in [-0.39, 0.29) is 5.56 Å². The van der Waals surface area contributed by atoms with E-state index in [1.165, 1.54) is 16.9 Å². The van der Waals surface area contributed by atoms with E-state index < -0.39 is 0 Å². The van der Waals surface area contributed by atoms with Gasteiger partial charge in [0, 0.05) is 17.3 Å². The third kappa shape index (κ3) is 4.23. The van der Waals surface area contributed by atoms with Crippen LogP contribution in [-0.2, 0) is 6.54 Å². The Kier molecular flexibility index (Phi) is 5.85. The van der Waals surface area contributed by atoms with Crippen LogP contribution in [0.3, 0.4) is 0 Å². The van der Waals surface area contributed by atoms with Crippen LogP contribution in [0.2, 0.25) is 5.02 Å². The number of aromatic nitrogens is 3. The maximum absolute atomic E-state index is 13.7. The van der Waals surface area contributed by atoms with Gasteiger partial charge in [0.1, 0.15) is 4.70 Å². The number of thiazole rings is 1. The Hall–Kier alpha value is -3.26. The fraction of sp³-hybridized carbons (Fsp3) is 0.0800. The molecule has 5 nitrogen and oxygen atoms in total. The number of hydrogen-bond acceptors (Lipinski definition) is 5. The van der Waals surface area contributed by atoms with Crippen molar-refractivity contribution in [3.8, 4) is 11.4 Å². The summed E-state index contributed by atoms with van der Waals surface area (Å²) in [6.45, 7) is 2.57. The molecule has 0 unspecified atom stereocenters. The highest BCUT2D eigenvalue weighted by Gasteiger charge is 2.18. The Bertz CT molecular complexity index is 1570. The molecule has 8 heteroatoms. The summed E-state index contributed by atoms with van der Waals surface area (Å²) in [4.78, 5) is 18.6. The van der Waals surface area contributed by atoms with Crippen LogP contribution >= 0.6 is 35.2 Å². The van der Waals surface area contributed by atoms with E-state index in [9.17, 15) is 4.79 Å². The molecule has 3 aromatic carbocycles. The van der Waals surface area contributed by atoms with Gasteiger partial charge in [-0.3, -0.25) is 9.36 Å². The van der Waals surface area contributed by atoms with Crippen LogP contribution in [0.1, 0.15) is 11.1 Å². The van der Waals surface area contributed by atoms with Gasteiger partial charge < -0.3 is 5.32 Å². The lowest BCUT2D eigenvalue weighted by molar-refractivity contribution is 0.927. The van der Waals surface area contributed by atoms with Crippen molar-refractivity contribution in [1.29, 1.82) is 0 Å².